The molecule has 1 aromatic carbocycles. The van der Waals surface area contributed by atoms with Crippen LogP contribution in [0.4, 0.5) is 13.2 Å². The van der Waals surface area contributed by atoms with Crippen LogP contribution in [0.5, 0.6) is 11.8 Å². The Bertz CT molecular complexity index is 813. The van der Waals surface area contributed by atoms with Crippen molar-refractivity contribution >= 4 is 0 Å². The van der Waals surface area contributed by atoms with Crippen LogP contribution in [0.15, 0.2) is 36.7 Å². The van der Waals surface area contributed by atoms with Crippen molar-refractivity contribution in [1.29, 1.82) is 0 Å². The van der Waals surface area contributed by atoms with Crippen LogP contribution in [0, 0.1) is 5.92 Å². The Labute approximate surface area is 161 Å². The highest BCUT2D eigenvalue weighted by molar-refractivity contribution is 5.30. The molecule has 2 aromatic rings. The quantitative estimate of drug-likeness (QED) is 0.744. The molecule has 1 aliphatic carbocycles. The number of aromatic nitrogens is 2. The van der Waals surface area contributed by atoms with Crippen LogP contribution in [0.25, 0.3) is 0 Å². The lowest BCUT2D eigenvalue weighted by molar-refractivity contribution is -0.137. The summed E-state index contributed by atoms with van der Waals surface area (Å²) >= 11 is 0. The monoisotopic (exact) mass is 393 g/mol. The molecule has 3 atom stereocenters. The number of methoxy groups -OCH3 is 1. The minimum atomic E-state index is -4.37. The number of benzene rings is 1. The number of piperidine rings is 1. The normalized spacial score (nSPS) is 24.5. The number of fused-ring (bicyclic) bond motifs is 2. The highest BCUT2D eigenvalue weighted by Crippen LogP contribution is 2.43. The lowest BCUT2D eigenvalue weighted by Gasteiger charge is -2.35. The maximum atomic E-state index is 12.9. The molecule has 5 nitrogen and oxygen atoms in total. The van der Waals surface area contributed by atoms with Crippen LogP contribution in [0.1, 0.15) is 30.4 Å². The molecule has 1 aromatic heterocycles. The van der Waals surface area contributed by atoms with E-state index in [0.717, 1.165) is 37.0 Å². The first-order valence-corrected chi connectivity index (χ1v) is 9.35. The second-order valence-corrected chi connectivity index (χ2v) is 7.38. The molecule has 0 spiro atoms. The number of hydrogen-bond donors (Lipinski definition) is 0. The first-order chi connectivity index (χ1) is 13.4. The van der Waals surface area contributed by atoms with E-state index in [0.29, 0.717) is 31.1 Å². The van der Waals surface area contributed by atoms with Crippen LogP contribution in [-0.2, 0) is 12.7 Å². The molecule has 1 aliphatic heterocycles. The summed E-state index contributed by atoms with van der Waals surface area (Å²) in [6.45, 7) is 1.07. The van der Waals surface area contributed by atoms with Crippen molar-refractivity contribution in [2.24, 2.45) is 5.92 Å². The molecule has 2 fully saturated rings. The molecule has 0 unspecified atom stereocenters. The Hall–Kier alpha value is -2.35. The average molecular weight is 393 g/mol. The Kier molecular flexibility index (Phi) is 5.14. The molecule has 2 bridgehead atoms. The fraction of sp³-hybridized carbons (Fsp3) is 0.500. The molecule has 8 heteroatoms. The van der Waals surface area contributed by atoms with E-state index in [1.807, 2.05) is 0 Å². The molecule has 0 amide bonds. The lowest BCUT2D eigenvalue weighted by atomic mass is 9.99. The van der Waals surface area contributed by atoms with E-state index < -0.39 is 11.7 Å². The zero-order valence-corrected chi connectivity index (χ0v) is 15.5. The molecule has 1 saturated carbocycles. The molecule has 0 N–H and O–H groups in total. The zero-order valence-electron chi connectivity index (χ0n) is 15.5. The molecular formula is C20H22F3N3O2. The van der Waals surface area contributed by atoms with Gasteiger partial charge in [-0.2, -0.15) is 13.2 Å². The van der Waals surface area contributed by atoms with Gasteiger partial charge in [0.05, 0.1) is 12.7 Å². The van der Waals surface area contributed by atoms with Gasteiger partial charge in [0, 0.05) is 36.6 Å². The summed E-state index contributed by atoms with van der Waals surface area (Å²) in [7, 11) is 1.52. The van der Waals surface area contributed by atoms with Gasteiger partial charge in [0.1, 0.15) is 12.4 Å². The van der Waals surface area contributed by atoms with Gasteiger partial charge in [-0.15, -0.1) is 0 Å². The predicted molar refractivity (Wildman–Crippen MR) is 96.0 cm³/mol. The number of likely N-dealkylation sites (tertiary alicyclic amines) is 1. The highest BCUT2D eigenvalue weighted by atomic mass is 19.4. The van der Waals surface area contributed by atoms with Crippen molar-refractivity contribution in [2.45, 2.75) is 44.1 Å². The number of ether oxygens (including phenoxy) is 2. The van der Waals surface area contributed by atoms with Crippen molar-refractivity contribution in [3.8, 4) is 11.8 Å². The summed E-state index contributed by atoms with van der Waals surface area (Å²) in [5, 5.41) is 0. The number of alkyl halides is 3. The van der Waals surface area contributed by atoms with E-state index in [-0.39, 0.29) is 11.8 Å². The minimum Gasteiger partial charge on any atom is -0.492 e. The third-order valence-electron chi connectivity index (χ3n) is 5.70. The smallest absolute Gasteiger partial charge is 0.416 e. The van der Waals surface area contributed by atoms with E-state index >= 15 is 0 Å². The second kappa shape index (κ2) is 7.58. The van der Waals surface area contributed by atoms with Crippen molar-refractivity contribution in [2.75, 3.05) is 13.7 Å². The average Bonchev–Trinajstić information content (AvgIpc) is 3.28. The number of hydrogen-bond acceptors (Lipinski definition) is 5. The maximum Gasteiger partial charge on any atom is 0.416 e. The van der Waals surface area contributed by atoms with Gasteiger partial charge < -0.3 is 9.47 Å². The molecule has 4 rings (SSSR count). The SMILES string of the molecule is COc1ncc(CN2[C@H]3CC[C@@H](C3)[C@H]2COc2cccc(C(F)(F)F)c2)cn1. The molecule has 150 valence electrons. The summed E-state index contributed by atoms with van der Waals surface area (Å²) in [5.41, 5.74) is 0.294. The summed E-state index contributed by atoms with van der Waals surface area (Å²) in [6.07, 6.45) is 2.52. The first-order valence-electron chi connectivity index (χ1n) is 9.35. The maximum absolute atomic E-state index is 12.9. The Morgan fingerprint density at radius 3 is 2.68 bits per heavy atom. The van der Waals surface area contributed by atoms with Crippen LogP contribution in [-0.4, -0.2) is 40.7 Å². The minimum absolute atomic E-state index is 0.176. The Morgan fingerprint density at radius 1 is 1.18 bits per heavy atom. The van der Waals surface area contributed by atoms with Crippen molar-refractivity contribution in [1.82, 2.24) is 14.9 Å². The van der Waals surface area contributed by atoms with Gasteiger partial charge in [-0.25, -0.2) is 9.97 Å². The van der Waals surface area contributed by atoms with Crippen LogP contribution in [0.2, 0.25) is 0 Å². The highest BCUT2D eigenvalue weighted by Gasteiger charge is 2.46. The molecule has 0 radical (unpaired) electrons. The van der Waals surface area contributed by atoms with Crippen molar-refractivity contribution in [3.05, 3.63) is 47.8 Å². The molecule has 2 heterocycles. The first kappa shape index (κ1) is 19.0. The van der Waals surface area contributed by atoms with Crippen molar-refractivity contribution < 1.29 is 22.6 Å². The fourth-order valence-corrected chi connectivity index (χ4v) is 4.35. The molecular weight excluding hydrogens is 371 g/mol. The summed E-state index contributed by atoms with van der Waals surface area (Å²) in [4.78, 5) is 10.7. The van der Waals surface area contributed by atoms with Gasteiger partial charge in [0.25, 0.3) is 0 Å². The second-order valence-electron chi connectivity index (χ2n) is 7.38. The summed E-state index contributed by atoms with van der Waals surface area (Å²) in [6, 6.07) is 6.05. The van der Waals surface area contributed by atoms with E-state index in [2.05, 4.69) is 14.9 Å². The van der Waals surface area contributed by atoms with Gasteiger partial charge in [-0.1, -0.05) is 6.07 Å². The molecule has 28 heavy (non-hydrogen) atoms. The van der Waals surface area contributed by atoms with E-state index in [1.54, 1.807) is 18.5 Å². The zero-order chi connectivity index (χ0) is 19.7. The van der Waals surface area contributed by atoms with Gasteiger partial charge >= 0.3 is 12.2 Å². The van der Waals surface area contributed by atoms with Gasteiger partial charge in [-0.05, 0) is 43.4 Å². The van der Waals surface area contributed by atoms with Crippen LogP contribution < -0.4 is 9.47 Å². The third-order valence-corrected chi connectivity index (χ3v) is 5.70. The Balaban J connectivity index is 1.44. The van der Waals surface area contributed by atoms with Gasteiger partial charge in [0.2, 0.25) is 0 Å². The molecule has 1 saturated heterocycles. The van der Waals surface area contributed by atoms with Gasteiger partial charge in [-0.3, -0.25) is 4.90 Å². The van der Waals surface area contributed by atoms with E-state index in [9.17, 15) is 13.2 Å². The van der Waals surface area contributed by atoms with Crippen LogP contribution in [0.3, 0.4) is 0 Å². The predicted octanol–water partition coefficient (Wildman–Crippen LogP) is 3.94. The topological polar surface area (TPSA) is 47.5 Å². The largest absolute Gasteiger partial charge is 0.492 e. The molecule has 2 aliphatic rings. The standard InChI is InChI=1S/C20H22F3N3O2/c1-27-19-24-9-13(10-25-19)11-26-16-6-5-14(7-16)18(26)12-28-17-4-2-3-15(8-17)20(21,22)23/h2-4,8-10,14,16,18H,5-7,11-12H2,1H3/t14-,16-,18+/m0/s1. The summed E-state index contributed by atoms with van der Waals surface area (Å²) < 4.78 is 49.5. The summed E-state index contributed by atoms with van der Waals surface area (Å²) in [5.74, 6) is 0.764. The number of nitrogens with zero attached hydrogens (tertiary/aromatic N) is 3. The fourth-order valence-electron chi connectivity index (χ4n) is 4.35. The van der Waals surface area contributed by atoms with E-state index in [1.165, 1.54) is 13.2 Å². The lowest BCUT2D eigenvalue weighted by Crippen LogP contribution is -2.43. The van der Waals surface area contributed by atoms with Gasteiger partial charge in [0.15, 0.2) is 0 Å². The van der Waals surface area contributed by atoms with Crippen molar-refractivity contribution in [3.63, 3.8) is 0 Å². The third kappa shape index (κ3) is 3.92. The van der Waals surface area contributed by atoms with Crippen LogP contribution >= 0.6 is 0 Å². The van der Waals surface area contributed by atoms with E-state index in [4.69, 9.17) is 9.47 Å². The Morgan fingerprint density at radius 2 is 1.96 bits per heavy atom. The number of halogens is 3. The number of rotatable bonds is 6.